The zero-order valence-corrected chi connectivity index (χ0v) is 20.5. The highest BCUT2D eigenvalue weighted by molar-refractivity contribution is 7.10. The largest absolute Gasteiger partial charge is 0.334 e. The Labute approximate surface area is 201 Å². The summed E-state index contributed by atoms with van der Waals surface area (Å²) in [5.41, 5.74) is 2.63. The summed E-state index contributed by atoms with van der Waals surface area (Å²) in [5.74, 6) is -2.26. The lowest BCUT2D eigenvalue weighted by molar-refractivity contribution is -0.137. The maximum Gasteiger partial charge on any atom is 0.295 e. The summed E-state index contributed by atoms with van der Waals surface area (Å²) in [6.07, 6.45) is 0.482. The number of nitrogens with one attached hydrogen (secondary N) is 1. The van der Waals surface area contributed by atoms with Gasteiger partial charge in [-0.1, -0.05) is 45.0 Å². The molecule has 0 aliphatic carbocycles. The third kappa shape index (κ3) is 4.40. The molecule has 8 nitrogen and oxygen atoms in total. The van der Waals surface area contributed by atoms with Gasteiger partial charge in [-0.05, 0) is 23.0 Å². The maximum absolute atomic E-state index is 12.9. The van der Waals surface area contributed by atoms with Gasteiger partial charge in [-0.2, -0.15) is 0 Å². The van der Waals surface area contributed by atoms with Crippen LogP contribution in [0.15, 0.2) is 29.6 Å². The highest BCUT2D eigenvalue weighted by Crippen LogP contribution is 2.34. The molecule has 34 heavy (non-hydrogen) atoms. The minimum atomic E-state index is -0.688. The Morgan fingerprint density at radius 3 is 2.44 bits per heavy atom. The number of imide groups is 1. The molecule has 9 heteroatoms. The van der Waals surface area contributed by atoms with Crippen LogP contribution in [0.25, 0.3) is 0 Å². The number of benzene rings is 1. The van der Waals surface area contributed by atoms with Crippen LogP contribution < -0.4 is 5.32 Å². The van der Waals surface area contributed by atoms with Crippen molar-refractivity contribution in [3.8, 4) is 0 Å². The normalized spacial score (nSPS) is 18.1. The molecule has 1 aromatic carbocycles. The number of Topliss-reactive ketones (excluding diaryl/α,β-unsaturated/α-hetero) is 1. The molecule has 4 amide bonds. The molecule has 0 bridgehead atoms. The molecule has 2 aromatic rings. The first-order valence-corrected chi connectivity index (χ1v) is 12.0. The van der Waals surface area contributed by atoms with E-state index in [2.05, 4.69) is 26.1 Å². The number of amides is 4. The zero-order chi connectivity index (χ0) is 24.8. The molecule has 4 rings (SSSR count). The molecule has 2 aliphatic rings. The Kier molecular flexibility index (Phi) is 6.16. The van der Waals surface area contributed by atoms with Crippen LogP contribution in [0.4, 0.5) is 0 Å². The van der Waals surface area contributed by atoms with Crippen LogP contribution in [0.1, 0.15) is 70.3 Å². The van der Waals surface area contributed by atoms with Crippen molar-refractivity contribution in [2.75, 3.05) is 7.05 Å². The van der Waals surface area contributed by atoms with Crippen molar-refractivity contribution in [1.82, 2.24) is 15.1 Å². The molecule has 0 spiro atoms. The summed E-state index contributed by atoms with van der Waals surface area (Å²) in [4.78, 5) is 65.8. The number of hydrogen-bond acceptors (Lipinski definition) is 6. The second-order valence-corrected chi connectivity index (χ2v) is 10.7. The molecule has 0 saturated carbocycles. The van der Waals surface area contributed by atoms with Crippen LogP contribution in [-0.4, -0.2) is 52.3 Å². The first kappa shape index (κ1) is 23.8. The Morgan fingerprint density at radius 1 is 1.15 bits per heavy atom. The quantitative estimate of drug-likeness (QED) is 0.402. The van der Waals surface area contributed by atoms with Crippen molar-refractivity contribution in [2.24, 2.45) is 0 Å². The lowest BCUT2D eigenvalue weighted by atomic mass is 9.86. The summed E-state index contributed by atoms with van der Waals surface area (Å²) in [5, 5.41) is 4.01. The van der Waals surface area contributed by atoms with Gasteiger partial charge in [0, 0.05) is 35.8 Å². The number of likely N-dealkylation sites (N-methyl/N-ethyl adjacent to an activating group) is 1. The van der Waals surface area contributed by atoms with Crippen LogP contribution in [0.5, 0.6) is 0 Å². The molecule has 3 heterocycles. The highest BCUT2D eigenvalue weighted by Gasteiger charge is 2.40. The number of fused-ring (bicyclic) bond motifs is 1. The zero-order valence-electron chi connectivity index (χ0n) is 19.6. The van der Waals surface area contributed by atoms with Crippen molar-refractivity contribution >= 4 is 40.7 Å². The van der Waals surface area contributed by atoms with E-state index in [0.29, 0.717) is 17.5 Å². The monoisotopic (exact) mass is 481 g/mol. The first-order valence-electron chi connectivity index (χ1n) is 11.1. The second kappa shape index (κ2) is 8.79. The Hall–Kier alpha value is -3.33. The fourth-order valence-corrected chi connectivity index (χ4v) is 5.33. The predicted octanol–water partition coefficient (Wildman–Crippen LogP) is 2.65. The van der Waals surface area contributed by atoms with Crippen molar-refractivity contribution in [3.63, 3.8) is 0 Å². The average Bonchev–Trinajstić information content (AvgIpc) is 3.32. The van der Waals surface area contributed by atoms with Crippen molar-refractivity contribution in [1.29, 1.82) is 0 Å². The lowest BCUT2D eigenvalue weighted by Crippen LogP contribution is -2.52. The third-order valence-corrected chi connectivity index (χ3v) is 7.34. The number of nitrogens with zero attached hydrogens (tertiary/aromatic N) is 2. The van der Waals surface area contributed by atoms with E-state index in [9.17, 15) is 24.0 Å². The second-order valence-electron chi connectivity index (χ2n) is 9.77. The molecule has 1 fully saturated rings. The lowest BCUT2D eigenvalue weighted by Gasteiger charge is -2.29. The first-order chi connectivity index (χ1) is 16.0. The summed E-state index contributed by atoms with van der Waals surface area (Å²) in [6.45, 7) is 6.65. The van der Waals surface area contributed by atoms with E-state index in [0.717, 1.165) is 16.0 Å². The minimum absolute atomic E-state index is 0.0545. The fraction of sp³-hybridized carbons (Fsp3) is 0.400. The number of thiophene rings is 1. The van der Waals surface area contributed by atoms with Gasteiger partial charge in [0.15, 0.2) is 0 Å². The molecular weight excluding hydrogens is 454 g/mol. The standard InChI is InChI=1S/C25H27N3O5S/c1-25(2,3)15-7-5-14(6-8-15)21(30)24(33)27(4)12-19-16-11-28(23(32)17(16)13-34-19)18-9-10-20(29)26-22(18)31/h5-8,13,18H,9-12H2,1-4H3,(H,26,29,31). The van der Waals surface area contributed by atoms with Crippen LogP contribution >= 0.6 is 11.3 Å². The van der Waals surface area contributed by atoms with Gasteiger partial charge in [0.25, 0.3) is 11.8 Å². The highest BCUT2D eigenvalue weighted by atomic mass is 32.1. The van der Waals surface area contributed by atoms with Crippen LogP contribution in [0.3, 0.4) is 0 Å². The Balaban J connectivity index is 1.45. The van der Waals surface area contributed by atoms with Gasteiger partial charge in [0.05, 0.1) is 12.1 Å². The van der Waals surface area contributed by atoms with E-state index >= 15 is 0 Å². The van der Waals surface area contributed by atoms with E-state index in [1.54, 1.807) is 24.6 Å². The van der Waals surface area contributed by atoms with Gasteiger partial charge in [-0.25, -0.2) is 0 Å². The van der Waals surface area contributed by atoms with Crippen LogP contribution in [0, 0.1) is 0 Å². The number of piperidine rings is 1. The molecule has 1 N–H and O–H groups in total. The number of ketones is 1. The van der Waals surface area contributed by atoms with E-state index in [4.69, 9.17) is 0 Å². The van der Waals surface area contributed by atoms with E-state index in [1.807, 2.05) is 12.1 Å². The number of hydrogen-bond donors (Lipinski definition) is 1. The van der Waals surface area contributed by atoms with Crippen LogP contribution in [0.2, 0.25) is 0 Å². The molecule has 1 atom stereocenters. The fourth-order valence-electron chi connectivity index (χ4n) is 4.24. The maximum atomic E-state index is 12.9. The molecular formula is C25H27N3O5S. The van der Waals surface area contributed by atoms with E-state index in [1.165, 1.54) is 21.1 Å². The van der Waals surface area contributed by atoms with Gasteiger partial charge in [-0.15, -0.1) is 11.3 Å². The van der Waals surface area contributed by atoms with Crippen molar-refractivity contribution < 1.29 is 24.0 Å². The number of rotatable bonds is 5. The average molecular weight is 482 g/mol. The SMILES string of the molecule is CN(Cc1scc2c1CN(C1CCC(=O)NC1=O)C2=O)C(=O)C(=O)c1ccc(C(C)(C)C)cc1. The summed E-state index contributed by atoms with van der Waals surface area (Å²) in [6, 6.07) is 6.39. The van der Waals surface area contributed by atoms with Gasteiger partial charge < -0.3 is 9.80 Å². The Morgan fingerprint density at radius 2 is 1.82 bits per heavy atom. The number of carbonyl (C=O) groups is 5. The molecule has 178 valence electrons. The Bertz CT molecular complexity index is 1190. The molecule has 1 saturated heterocycles. The topological polar surface area (TPSA) is 104 Å². The molecule has 2 aliphatic heterocycles. The molecule has 1 unspecified atom stereocenters. The van der Waals surface area contributed by atoms with Gasteiger partial charge in [-0.3, -0.25) is 29.3 Å². The molecule has 1 aromatic heterocycles. The van der Waals surface area contributed by atoms with Gasteiger partial charge in [0.2, 0.25) is 17.6 Å². The summed E-state index contributed by atoms with van der Waals surface area (Å²) >= 11 is 1.36. The van der Waals surface area contributed by atoms with Crippen molar-refractivity contribution in [3.05, 3.63) is 56.8 Å². The van der Waals surface area contributed by atoms with Gasteiger partial charge in [0.1, 0.15) is 6.04 Å². The number of carbonyl (C=O) groups excluding carboxylic acids is 5. The predicted molar refractivity (Wildman–Crippen MR) is 126 cm³/mol. The third-order valence-electron chi connectivity index (χ3n) is 6.32. The minimum Gasteiger partial charge on any atom is -0.334 e. The van der Waals surface area contributed by atoms with Crippen molar-refractivity contribution in [2.45, 2.75) is 58.2 Å². The van der Waals surface area contributed by atoms with E-state index < -0.39 is 23.6 Å². The van der Waals surface area contributed by atoms with E-state index in [-0.39, 0.29) is 36.7 Å². The summed E-state index contributed by atoms with van der Waals surface area (Å²) < 4.78 is 0. The van der Waals surface area contributed by atoms with Crippen LogP contribution in [-0.2, 0) is 32.9 Å². The summed E-state index contributed by atoms with van der Waals surface area (Å²) in [7, 11) is 1.56. The smallest absolute Gasteiger partial charge is 0.295 e. The molecule has 0 radical (unpaired) electrons. The van der Waals surface area contributed by atoms with Gasteiger partial charge >= 0.3 is 0 Å².